The molecule has 0 saturated carbocycles. The predicted molar refractivity (Wildman–Crippen MR) is 100 cm³/mol. The standard InChI is InChI=1S/C20H20N4O/c1-14-9-17(16-6-4-8-22-11-16)12-23-24-13-19(14)20(25)15-5-3-7-18(10-15)21-2/h3-13,21,23-24H,1-2H3. The van der Waals surface area contributed by atoms with Gasteiger partial charge in [-0.25, -0.2) is 0 Å². The average Bonchev–Trinajstić information content (AvgIpc) is 2.65. The highest BCUT2D eigenvalue weighted by Crippen LogP contribution is 2.20. The van der Waals surface area contributed by atoms with Crippen molar-refractivity contribution in [1.82, 2.24) is 15.2 Å². The first-order chi connectivity index (χ1) is 12.2. The number of benzene rings is 1. The van der Waals surface area contributed by atoms with Crippen molar-refractivity contribution >= 4 is 11.5 Å². The van der Waals surface area contributed by atoms with E-state index in [2.05, 4.69) is 20.5 Å². The summed E-state index contributed by atoms with van der Waals surface area (Å²) in [5.74, 6) is -0.0346. The number of anilines is 1. The SMILES string of the molecule is CNc1cccc(C(=O)c2c[nH][nH]cc(-c3cccnc3)cc2C)c1. The third-order valence-corrected chi connectivity index (χ3v) is 3.98. The van der Waals surface area contributed by atoms with E-state index in [4.69, 9.17) is 0 Å². The van der Waals surface area contributed by atoms with Crippen LogP contribution in [0.15, 0.2) is 67.3 Å². The fourth-order valence-corrected chi connectivity index (χ4v) is 2.62. The summed E-state index contributed by atoms with van der Waals surface area (Å²) in [6, 6.07) is 13.3. The fourth-order valence-electron chi connectivity index (χ4n) is 2.62. The van der Waals surface area contributed by atoms with Crippen LogP contribution in [0.25, 0.3) is 11.1 Å². The summed E-state index contributed by atoms with van der Waals surface area (Å²) in [6.45, 7) is 1.93. The van der Waals surface area contributed by atoms with Crippen LogP contribution in [0.5, 0.6) is 0 Å². The lowest BCUT2D eigenvalue weighted by molar-refractivity contribution is 0.103. The molecule has 126 valence electrons. The molecule has 3 aromatic rings. The number of rotatable bonds is 4. The highest BCUT2D eigenvalue weighted by Gasteiger charge is 2.12. The van der Waals surface area contributed by atoms with Crippen LogP contribution < -0.4 is 5.32 Å². The van der Waals surface area contributed by atoms with Gasteiger partial charge in [-0.15, -0.1) is 0 Å². The topological polar surface area (TPSA) is 73.6 Å². The van der Waals surface area contributed by atoms with Gasteiger partial charge in [-0.2, -0.15) is 0 Å². The van der Waals surface area contributed by atoms with Crippen molar-refractivity contribution < 1.29 is 4.79 Å². The van der Waals surface area contributed by atoms with Gasteiger partial charge in [0.15, 0.2) is 5.78 Å². The lowest BCUT2D eigenvalue weighted by Gasteiger charge is -2.07. The summed E-state index contributed by atoms with van der Waals surface area (Å²) in [5, 5.41) is 9.01. The fraction of sp³-hybridized carbons (Fsp3) is 0.100. The molecule has 0 bridgehead atoms. The van der Waals surface area contributed by atoms with Crippen molar-refractivity contribution in [3.8, 4) is 11.1 Å². The Balaban J connectivity index is 2.07. The average molecular weight is 332 g/mol. The number of H-pyrrole nitrogens is 2. The number of nitrogens with one attached hydrogen (secondary N) is 3. The molecule has 2 heterocycles. The summed E-state index contributed by atoms with van der Waals surface area (Å²) >= 11 is 0. The van der Waals surface area contributed by atoms with Crippen molar-refractivity contribution in [3.05, 3.63) is 83.9 Å². The van der Waals surface area contributed by atoms with Crippen LogP contribution in [0.2, 0.25) is 0 Å². The molecule has 2 aromatic heterocycles. The Morgan fingerprint density at radius 1 is 1.04 bits per heavy atom. The lowest BCUT2D eigenvalue weighted by atomic mass is 9.99. The lowest BCUT2D eigenvalue weighted by Crippen LogP contribution is -2.04. The van der Waals surface area contributed by atoms with Gasteiger partial charge in [-0.05, 0) is 36.8 Å². The van der Waals surface area contributed by atoms with Gasteiger partial charge >= 0.3 is 0 Å². The summed E-state index contributed by atoms with van der Waals surface area (Å²) < 4.78 is 0. The van der Waals surface area contributed by atoms with Crippen molar-refractivity contribution in [2.75, 3.05) is 12.4 Å². The number of aryl methyl sites for hydroxylation is 1. The van der Waals surface area contributed by atoms with Crippen LogP contribution in [0.1, 0.15) is 21.5 Å². The van der Waals surface area contributed by atoms with Crippen molar-refractivity contribution in [2.45, 2.75) is 6.92 Å². The molecule has 5 nitrogen and oxygen atoms in total. The Morgan fingerprint density at radius 2 is 1.88 bits per heavy atom. The van der Waals surface area contributed by atoms with Gasteiger partial charge in [0.25, 0.3) is 0 Å². The van der Waals surface area contributed by atoms with Crippen LogP contribution >= 0.6 is 0 Å². The molecule has 0 saturated heterocycles. The summed E-state index contributed by atoms with van der Waals surface area (Å²) in [6.07, 6.45) is 7.07. The molecule has 25 heavy (non-hydrogen) atoms. The second kappa shape index (κ2) is 7.49. The summed E-state index contributed by atoms with van der Waals surface area (Å²) in [5.41, 5.74) is 4.95. The molecule has 1 aromatic carbocycles. The van der Waals surface area contributed by atoms with Crippen LogP contribution in [-0.2, 0) is 0 Å². The smallest absolute Gasteiger partial charge is 0.194 e. The number of hydrogen-bond acceptors (Lipinski definition) is 3. The number of carbonyl (C=O) groups is 1. The Bertz CT molecular complexity index is 924. The normalized spacial score (nSPS) is 10.2. The van der Waals surface area contributed by atoms with E-state index in [-0.39, 0.29) is 5.78 Å². The number of aromatic amines is 2. The summed E-state index contributed by atoms with van der Waals surface area (Å²) in [7, 11) is 1.83. The second-order valence-corrected chi connectivity index (χ2v) is 5.68. The minimum absolute atomic E-state index is 0.0346. The van der Waals surface area contributed by atoms with E-state index in [0.717, 1.165) is 22.4 Å². The number of aromatic nitrogens is 3. The Kier molecular flexibility index (Phi) is 4.95. The van der Waals surface area contributed by atoms with Crippen LogP contribution in [0.4, 0.5) is 5.69 Å². The molecule has 0 radical (unpaired) electrons. The van der Waals surface area contributed by atoms with E-state index >= 15 is 0 Å². The molecule has 0 atom stereocenters. The molecule has 0 amide bonds. The molecule has 3 rings (SSSR count). The first-order valence-corrected chi connectivity index (χ1v) is 8.02. The Hall–Kier alpha value is -3.34. The zero-order valence-electron chi connectivity index (χ0n) is 14.2. The molecular formula is C20H20N4O. The first-order valence-electron chi connectivity index (χ1n) is 8.02. The Labute approximate surface area is 146 Å². The number of ketones is 1. The minimum Gasteiger partial charge on any atom is -0.388 e. The number of pyridine rings is 1. The third-order valence-electron chi connectivity index (χ3n) is 3.98. The quantitative estimate of drug-likeness (QED) is 0.630. The zero-order valence-corrected chi connectivity index (χ0v) is 14.2. The van der Waals surface area contributed by atoms with Crippen LogP contribution in [-0.4, -0.2) is 28.0 Å². The third kappa shape index (κ3) is 3.77. The van der Waals surface area contributed by atoms with E-state index in [1.165, 1.54) is 0 Å². The molecule has 0 fully saturated rings. The van der Waals surface area contributed by atoms with E-state index in [9.17, 15) is 4.79 Å². The monoisotopic (exact) mass is 332 g/mol. The summed E-state index contributed by atoms with van der Waals surface area (Å²) in [4.78, 5) is 17.1. The highest BCUT2D eigenvalue weighted by atomic mass is 16.1. The van der Waals surface area contributed by atoms with Crippen LogP contribution in [0.3, 0.4) is 0 Å². The Morgan fingerprint density at radius 3 is 2.64 bits per heavy atom. The molecule has 0 unspecified atom stereocenters. The van der Waals surface area contributed by atoms with Gasteiger partial charge < -0.3 is 15.5 Å². The van der Waals surface area contributed by atoms with Crippen molar-refractivity contribution in [3.63, 3.8) is 0 Å². The van der Waals surface area contributed by atoms with Gasteiger partial charge in [-0.1, -0.05) is 18.2 Å². The molecule has 3 N–H and O–H groups in total. The largest absolute Gasteiger partial charge is 0.388 e. The van der Waals surface area contributed by atoms with E-state index in [0.29, 0.717) is 11.1 Å². The maximum atomic E-state index is 13.0. The van der Waals surface area contributed by atoms with E-state index in [1.54, 1.807) is 18.6 Å². The number of carbonyl (C=O) groups excluding carboxylic acids is 1. The maximum Gasteiger partial charge on any atom is 0.194 e. The highest BCUT2D eigenvalue weighted by molar-refractivity contribution is 6.10. The number of hydrogen-bond donors (Lipinski definition) is 3. The van der Waals surface area contributed by atoms with Gasteiger partial charge in [0.05, 0.1) is 0 Å². The van der Waals surface area contributed by atoms with Gasteiger partial charge in [0.1, 0.15) is 0 Å². The number of nitrogens with zero attached hydrogens (tertiary/aromatic N) is 1. The van der Waals surface area contributed by atoms with Crippen molar-refractivity contribution in [1.29, 1.82) is 0 Å². The van der Waals surface area contributed by atoms with Crippen molar-refractivity contribution in [2.24, 2.45) is 0 Å². The molecule has 5 heteroatoms. The molecule has 0 aliphatic carbocycles. The maximum absolute atomic E-state index is 13.0. The van der Waals surface area contributed by atoms with E-state index < -0.39 is 0 Å². The molecule has 0 aliphatic heterocycles. The second-order valence-electron chi connectivity index (χ2n) is 5.68. The van der Waals surface area contributed by atoms with Gasteiger partial charge in [0.2, 0.25) is 0 Å². The molecular weight excluding hydrogens is 312 g/mol. The molecule has 0 spiro atoms. The molecule has 0 aliphatic rings. The van der Waals surface area contributed by atoms with Gasteiger partial charge in [0, 0.05) is 59.8 Å². The van der Waals surface area contributed by atoms with E-state index in [1.807, 2.05) is 62.6 Å². The minimum atomic E-state index is -0.0346. The first kappa shape index (κ1) is 16.5. The van der Waals surface area contributed by atoms with Crippen LogP contribution in [0, 0.1) is 6.92 Å². The van der Waals surface area contributed by atoms with Gasteiger partial charge in [-0.3, -0.25) is 9.78 Å². The zero-order chi connectivity index (χ0) is 17.6. The predicted octanol–water partition coefficient (Wildman–Crippen LogP) is 4.11.